The van der Waals surface area contributed by atoms with Gasteiger partial charge in [0.05, 0.1) is 12.8 Å². The predicted molar refractivity (Wildman–Crippen MR) is 52.8 cm³/mol. The molecule has 1 heterocycles. The molecule has 0 aliphatic carbocycles. The SMILES string of the molecule is COC(=O)/C=C/c1cc(Cl)nc(C)n1. The molecule has 0 saturated carbocycles. The topological polar surface area (TPSA) is 52.1 Å². The normalized spacial score (nSPS) is 10.5. The van der Waals surface area contributed by atoms with Crippen molar-refractivity contribution in [1.82, 2.24) is 9.97 Å². The van der Waals surface area contributed by atoms with E-state index < -0.39 is 5.97 Å². The Morgan fingerprint density at radius 1 is 1.57 bits per heavy atom. The van der Waals surface area contributed by atoms with Gasteiger partial charge in [-0.05, 0) is 13.0 Å². The molecule has 0 aliphatic heterocycles. The van der Waals surface area contributed by atoms with Crippen LogP contribution in [0.2, 0.25) is 5.15 Å². The van der Waals surface area contributed by atoms with Crippen molar-refractivity contribution in [3.63, 3.8) is 0 Å². The Bertz CT molecular complexity index is 357. The van der Waals surface area contributed by atoms with Crippen LogP contribution >= 0.6 is 11.6 Å². The van der Waals surface area contributed by atoms with Gasteiger partial charge in [-0.1, -0.05) is 11.6 Å². The standard InChI is InChI=1S/C9H9ClN2O2/c1-6-11-7(5-8(10)12-6)3-4-9(13)14-2/h3-5H,1-2H3/b4-3+. The molecule has 0 spiro atoms. The van der Waals surface area contributed by atoms with Gasteiger partial charge in [0.2, 0.25) is 0 Å². The van der Waals surface area contributed by atoms with E-state index in [1.807, 2.05) is 0 Å². The van der Waals surface area contributed by atoms with Gasteiger partial charge in [0.25, 0.3) is 0 Å². The highest BCUT2D eigenvalue weighted by atomic mass is 35.5. The fourth-order valence-corrected chi connectivity index (χ4v) is 1.09. The Hall–Kier alpha value is -1.42. The van der Waals surface area contributed by atoms with Crippen molar-refractivity contribution in [3.8, 4) is 0 Å². The molecular formula is C9H9ClN2O2. The minimum absolute atomic E-state index is 0.349. The third-order valence-corrected chi connectivity index (χ3v) is 1.61. The van der Waals surface area contributed by atoms with Crippen molar-refractivity contribution in [2.45, 2.75) is 6.92 Å². The Balaban J connectivity index is 2.86. The number of hydrogen-bond acceptors (Lipinski definition) is 4. The first-order valence-electron chi connectivity index (χ1n) is 3.89. The van der Waals surface area contributed by atoms with Crippen LogP contribution < -0.4 is 0 Å². The first-order chi connectivity index (χ1) is 6.61. The number of rotatable bonds is 2. The van der Waals surface area contributed by atoms with Gasteiger partial charge >= 0.3 is 5.97 Å². The van der Waals surface area contributed by atoms with Crippen molar-refractivity contribution in [3.05, 3.63) is 28.8 Å². The van der Waals surface area contributed by atoms with Gasteiger partial charge < -0.3 is 4.74 Å². The maximum Gasteiger partial charge on any atom is 0.330 e. The molecule has 5 heteroatoms. The minimum Gasteiger partial charge on any atom is -0.466 e. The highest BCUT2D eigenvalue weighted by molar-refractivity contribution is 6.29. The van der Waals surface area contributed by atoms with E-state index in [0.29, 0.717) is 16.7 Å². The lowest BCUT2D eigenvalue weighted by Crippen LogP contribution is -1.95. The molecule has 0 atom stereocenters. The van der Waals surface area contributed by atoms with Crippen LogP contribution in [0, 0.1) is 6.92 Å². The molecule has 0 unspecified atom stereocenters. The number of methoxy groups -OCH3 is 1. The van der Waals surface area contributed by atoms with Gasteiger partial charge in [-0.25, -0.2) is 14.8 Å². The molecule has 0 bridgehead atoms. The predicted octanol–water partition coefficient (Wildman–Crippen LogP) is 1.62. The van der Waals surface area contributed by atoms with Crippen LogP contribution in [0.25, 0.3) is 6.08 Å². The molecular weight excluding hydrogens is 204 g/mol. The highest BCUT2D eigenvalue weighted by Crippen LogP contribution is 2.08. The summed E-state index contributed by atoms with van der Waals surface area (Å²) in [5.74, 6) is 0.124. The number of carbonyl (C=O) groups is 1. The third kappa shape index (κ3) is 3.14. The summed E-state index contributed by atoms with van der Waals surface area (Å²) in [6, 6.07) is 1.56. The van der Waals surface area contributed by atoms with Gasteiger partial charge in [-0.2, -0.15) is 0 Å². The van der Waals surface area contributed by atoms with Gasteiger partial charge in [0, 0.05) is 12.1 Å². The minimum atomic E-state index is -0.433. The molecule has 4 nitrogen and oxygen atoms in total. The lowest BCUT2D eigenvalue weighted by Gasteiger charge is -1.96. The second-order valence-corrected chi connectivity index (χ2v) is 2.91. The van der Waals surface area contributed by atoms with Gasteiger partial charge in [0.15, 0.2) is 0 Å². The second kappa shape index (κ2) is 4.72. The van der Waals surface area contributed by atoms with Crippen LogP contribution in [0.1, 0.15) is 11.5 Å². The lowest BCUT2D eigenvalue weighted by atomic mass is 10.3. The highest BCUT2D eigenvalue weighted by Gasteiger charge is 1.97. The monoisotopic (exact) mass is 212 g/mol. The van der Waals surface area contributed by atoms with Crippen LogP contribution in [0.15, 0.2) is 12.1 Å². The molecule has 0 N–H and O–H groups in total. The summed E-state index contributed by atoms with van der Waals surface area (Å²) in [7, 11) is 1.31. The van der Waals surface area contributed by atoms with E-state index >= 15 is 0 Å². The Morgan fingerprint density at radius 3 is 2.86 bits per heavy atom. The summed E-state index contributed by atoms with van der Waals surface area (Å²) >= 11 is 5.70. The van der Waals surface area contributed by atoms with Crippen LogP contribution in [-0.2, 0) is 9.53 Å². The first kappa shape index (κ1) is 10.7. The van der Waals surface area contributed by atoms with Crippen molar-refractivity contribution < 1.29 is 9.53 Å². The number of halogens is 1. The van der Waals surface area contributed by atoms with E-state index in [9.17, 15) is 4.79 Å². The molecule has 74 valence electrons. The zero-order valence-corrected chi connectivity index (χ0v) is 8.58. The number of hydrogen-bond donors (Lipinski definition) is 0. The average Bonchev–Trinajstić information content (AvgIpc) is 2.12. The smallest absolute Gasteiger partial charge is 0.330 e. The van der Waals surface area contributed by atoms with Crippen LogP contribution in [-0.4, -0.2) is 23.0 Å². The third-order valence-electron chi connectivity index (χ3n) is 1.42. The first-order valence-corrected chi connectivity index (χ1v) is 4.27. The van der Waals surface area contributed by atoms with E-state index in [2.05, 4.69) is 14.7 Å². The van der Waals surface area contributed by atoms with Gasteiger partial charge in [-0.3, -0.25) is 0 Å². The van der Waals surface area contributed by atoms with Crippen molar-refractivity contribution >= 4 is 23.6 Å². The molecule has 0 radical (unpaired) electrons. The molecule has 1 aromatic rings. The summed E-state index contributed by atoms with van der Waals surface area (Å²) in [4.78, 5) is 18.7. The zero-order valence-electron chi connectivity index (χ0n) is 7.82. The van der Waals surface area contributed by atoms with Crippen LogP contribution in [0.4, 0.5) is 0 Å². The second-order valence-electron chi connectivity index (χ2n) is 2.52. The number of nitrogens with zero attached hydrogens (tertiary/aromatic N) is 2. The van der Waals surface area contributed by atoms with Gasteiger partial charge in [-0.15, -0.1) is 0 Å². The lowest BCUT2D eigenvalue weighted by molar-refractivity contribution is -0.134. The fraction of sp³-hybridized carbons (Fsp3) is 0.222. The molecule has 1 aromatic heterocycles. The van der Waals surface area contributed by atoms with E-state index in [0.717, 1.165) is 0 Å². The molecule has 1 rings (SSSR count). The van der Waals surface area contributed by atoms with E-state index in [4.69, 9.17) is 11.6 Å². The van der Waals surface area contributed by atoms with Gasteiger partial charge in [0.1, 0.15) is 11.0 Å². The number of carbonyl (C=O) groups excluding carboxylic acids is 1. The fourth-order valence-electron chi connectivity index (χ4n) is 0.860. The summed E-state index contributed by atoms with van der Waals surface area (Å²) in [6.07, 6.45) is 2.80. The number of esters is 1. The maximum atomic E-state index is 10.8. The molecule has 0 saturated heterocycles. The van der Waals surface area contributed by atoms with E-state index in [1.54, 1.807) is 13.0 Å². The van der Waals surface area contributed by atoms with Crippen molar-refractivity contribution in [2.75, 3.05) is 7.11 Å². The Kier molecular flexibility index (Phi) is 3.59. The summed E-state index contributed by atoms with van der Waals surface area (Å²) in [5.41, 5.74) is 0.577. The Morgan fingerprint density at radius 2 is 2.29 bits per heavy atom. The zero-order chi connectivity index (χ0) is 10.6. The molecule has 0 aliphatic rings. The van der Waals surface area contributed by atoms with Crippen LogP contribution in [0.3, 0.4) is 0 Å². The molecule has 0 fully saturated rings. The summed E-state index contributed by atoms with van der Waals surface area (Å²) < 4.78 is 4.43. The number of aryl methyl sites for hydroxylation is 1. The number of aromatic nitrogens is 2. The maximum absolute atomic E-state index is 10.8. The molecule has 14 heavy (non-hydrogen) atoms. The van der Waals surface area contributed by atoms with Crippen molar-refractivity contribution in [1.29, 1.82) is 0 Å². The molecule has 0 amide bonds. The molecule has 0 aromatic carbocycles. The average molecular weight is 213 g/mol. The van der Waals surface area contributed by atoms with Crippen molar-refractivity contribution in [2.24, 2.45) is 0 Å². The van der Waals surface area contributed by atoms with Crippen LogP contribution in [0.5, 0.6) is 0 Å². The summed E-state index contributed by atoms with van der Waals surface area (Å²) in [6.45, 7) is 1.72. The Labute approximate surface area is 86.6 Å². The van der Waals surface area contributed by atoms with E-state index in [-0.39, 0.29) is 0 Å². The summed E-state index contributed by atoms with van der Waals surface area (Å²) in [5, 5.41) is 0.349. The number of ether oxygens (including phenoxy) is 1. The quantitative estimate of drug-likeness (QED) is 0.425. The van der Waals surface area contributed by atoms with E-state index in [1.165, 1.54) is 19.3 Å². The largest absolute Gasteiger partial charge is 0.466 e.